The first-order valence-electron chi connectivity index (χ1n) is 17.8. The van der Waals surface area contributed by atoms with Crippen LogP contribution in [0.25, 0.3) is 16.7 Å². The monoisotopic (exact) mass is 628 g/mol. The number of allylic oxidation sites excluding steroid dienone is 2. The molecule has 5 aromatic carbocycles. The van der Waals surface area contributed by atoms with Crippen LogP contribution >= 0.6 is 0 Å². The SMILES string of the molecule is CCCCCCC1(C)c2cc(C)ccc2-c2ccc(N(c3ccccc3)C3C=CC(c4ccc(N(C)c5ccccc5)cc4)=CC3)cc21. The molecule has 48 heavy (non-hydrogen) atoms. The highest BCUT2D eigenvalue weighted by Crippen LogP contribution is 2.53. The molecular weight excluding hydrogens is 581 g/mol. The van der Waals surface area contributed by atoms with E-state index in [1.165, 1.54) is 93.8 Å². The predicted molar refractivity (Wildman–Crippen MR) is 207 cm³/mol. The molecule has 0 fully saturated rings. The summed E-state index contributed by atoms with van der Waals surface area (Å²) in [5.74, 6) is 0. The van der Waals surface area contributed by atoms with Crippen LogP contribution in [0.2, 0.25) is 0 Å². The van der Waals surface area contributed by atoms with Crippen LogP contribution in [0.1, 0.15) is 74.6 Å². The quantitative estimate of drug-likeness (QED) is 0.134. The molecule has 0 heterocycles. The van der Waals surface area contributed by atoms with Gasteiger partial charge < -0.3 is 9.80 Å². The number of hydrogen-bond acceptors (Lipinski definition) is 2. The average Bonchev–Trinajstić information content (AvgIpc) is 3.37. The third-order valence-corrected chi connectivity index (χ3v) is 10.6. The predicted octanol–water partition coefficient (Wildman–Crippen LogP) is 12.6. The van der Waals surface area contributed by atoms with Gasteiger partial charge >= 0.3 is 0 Å². The van der Waals surface area contributed by atoms with Crippen molar-refractivity contribution < 1.29 is 0 Å². The molecule has 0 aromatic heterocycles. The Morgan fingerprint density at radius 3 is 1.96 bits per heavy atom. The Labute approximate surface area is 288 Å². The highest BCUT2D eigenvalue weighted by atomic mass is 15.2. The summed E-state index contributed by atoms with van der Waals surface area (Å²) in [6, 6.07) is 45.0. The first-order valence-corrected chi connectivity index (χ1v) is 17.8. The molecule has 2 aliphatic carbocycles. The molecule has 2 heteroatoms. The van der Waals surface area contributed by atoms with E-state index in [4.69, 9.17) is 0 Å². The number of rotatable bonds is 11. The van der Waals surface area contributed by atoms with E-state index in [1.807, 2.05) is 0 Å². The minimum atomic E-state index is 0.0129. The van der Waals surface area contributed by atoms with Gasteiger partial charge in [0.15, 0.2) is 0 Å². The summed E-state index contributed by atoms with van der Waals surface area (Å²) in [5, 5.41) is 0. The van der Waals surface area contributed by atoms with Crippen molar-refractivity contribution in [1.82, 2.24) is 0 Å². The van der Waals surface area contributed by atoms with Crippen LogP contribution in [0.4, 0.5) is 22.7 Å². The van der Waals surface area contributed by atoms with Crippen molar-refractivity contribution in [3.05, 3.63) is 162 Å². The van der Waals surface area contributed by atoms with E-state index in [0.29, 0.717) is 0 Å². The van der Waals surface area contributed by atoms with Gasteiger partial charge in [-0.3, -0.25) is 0 Å². The van der Waals surface area contributed by atoms with Crippen LogP contribution in [0.5, 0.6) is 0 Å². The fourth-order valence-electron chi connectivity index (χ4n) is 7.86. The van der Waals surface area contributed by atoms with Crippen molar-refractivity contribution >= 4 is 28.3 Å². The van der Waals surface area contributed by atoms with Crippen molar-refractivity contribution in [3.8, 4) is 11.1 Å². The van der Waals surface area contributed by atoms with E-state index in [9.17, 15) is 0 Å². The fraction of sp³-hybridized carbons (Fsp3) is 0.261. The second kappa shape index (κ2) is 13.7. The molecular formula is C46H48N2. The summed E-state index contributed by atoms with van der Waals surface area (Å²) in [6.07, 6.45) is 14.4. The van der Waals surface area contributed by atoms with Crippen molar-refractivity contribution in [2.75, 3.05) is 16.8 Å². The maximum Gasteiger partial charge on any atom is 0.0560 e. The summed E-state index contributed by atoms with van der Waals surface area (Å²) in [5.41, 5.74) is 14.6. The molecule has 0 saturated heterocycles. The molecule has 7 rings (SSSR count). The molecule has 0 saturated carbocycles. The van der Waals surface area contributed by atoms with E-state index in [1.54, 1.807) is 0 Å². The van der Waals surface area contributed by atoms with E-state index in [-0.39, 0.29) is 11.5 Å². The largest absolute Gasteiger partial charge is 0.345 e. The van der Waals surface area contributed by atoms with Crippen LogP contribution in [-0.2, 0) is 5.41 Å². The number of nitrogens with zero attached hydrogens (tertiary/aromatic N) is 2. The Balaban J connectivity index is 1.18. The molecule has 0 spiro atoms. The smallest absolute Gasteiger partial charge is 0.0560 e. The number of hydrogen-bond donors (Lipinski definition) is 0. The van der Waals surface area contributed by atoms with Crippen LogP contribution < -0.4 is 9.80 Å². The third kappa shape index (κ3) is 6.13. The molecule has 0 amide bonds. The van der Waals surface area contributed by atoms with E-state index in [2.05, 4.69) is 177 Å². The third-order valence-electron chi connectivity index (χ3n) is 10.6. The second-order valence-corrected chi connectivity index (χ2v) is 13.9. The Kier molecular flexibility index (Phi) is 9.08. The summed E-state index contributed by atoms with van der Waals surface area (Å²) in [6.45, 7) is 7.03. The number of para-hydroxylation sites is 2. The van der Waals surface area contributed by atoms with E-state index < -0.39 is 0 Å². The van der Waals surface area contributed by atoms with E-state index >= 15 is 0 Å². The lowest BCUT2D eigenvalue weighted by Crippen LogP contribution is -2.30. The Morgan fingerprint density at radius 2 is 1.29 bits per heavy atom. The minimum absolute atomic E-state index is 0.0129. The van der Waals surface area contributed by atoms with Gasteiger partial charge in [-0.15, -0.1) is 0 Å². The van der Waals surface area contributed by atoms with Crippen LogP contribution in [0.3, 0.4) is 0 Å². The van der Waals surface area contributed by atoms with Crippen molar-refractivity contribution in [3.63, 3.8) is 0 Å². The summed E-state index contributed by atoms with van der Waals surface area (Å²) >= 11 is 0. The van der Waals surface area contributed by atoms with Crippen LogP contribution in [0.15, 0.2) is 140 Å². The average molecular weight is 629 g/mol. The summed E-state index contributed by atoms with van der Waals surface area (Å²) in [4.78, 5) is 4.78. The second-order valence-electron chi connectivity index (χ2n) is 13.9. The molecule has 0 bridgehead atoms. The number of aryl methyl sites for hydroxylation is 1. The zero-order chi connectivity index (χ0) is 33.1. The maximum atomic E-state index is 2.55. The summed E-state index contributed by atoms with van der Waals surface area (Å²) < 4.78 is 0. The van der Waals surface area contributed by atoms with Gasteiger partial charge in [0.05, 0.1) is 6.04 Å². The molecule has 0 radical (unpaired) electrons. The van der Waals surface area contributed by atoms with Gasteiger partial charge in [0.2, 0.25) is 0 Å². The van der Waals surface area contributed by atoms with Crippen molar-refractivity contribution in [2.24, 2.45) is 0 Å². The number of anilines is 4. The number of unbranched alkanes of at least 4 members (excludes halogenated alkanes) is 3. The Morgan fingerprint density at radius 1 is 0.667 bits per heavy atom. The first kappa shape index (κ1) is 31.8. The van der Waals surface area contributed by atoms with Gasteiger partial charge in [0.25, 0.3) is 0 Å². The molecule has 2 nitrogen and oxygen atoms in total. The minimum Gasteiger partial charge on any atom is -0.345 e. The normalized spacial score (nSPS) is 17.8. The van der Waals surface area contributed by atoms with Gasteiger partial charge in [-0.1, -0.05) is 136 Å². The highest BCUT2D eigenvalue weighted by Gasteiger charge is 2.39. The molecule has 2 unspecified atom stereocenters. The Hall–Kier alpha value is -4.82. The van der Waals surface area contributed by atoms with Gasteiger partial charge in [0.1, 0.15) is 0 Å². The van der Waals surface area contributed by atoms with Crippen LogP contribution in [0, 0.1) is 6.92 Å². The van der Waals surface area contributed by atoms with Gasteiger partial charge in [-0.05, 0) is 102 Å². The standard InChI is InChI=1S/C46H48N2/c1-5-6-7-14-31-46(3)44-32-34(2)19-29-42(44)43-30-28-41(33-45(43)46)48(39-17-12-9-13-18-39)40-26-22-36(23-27-40)35-20-24-38(25-21-35)47(4)37-15-10-8-11-16-37/h8-13,15-26,28-30,32-33,40H,5-7,14,27,31H2,1-4H3. The lowest BCUT2D eigenvalue weighted by atomic mass is 9.75. The molecule has 2 aliphatic rings. The van der Waals surface area contributed by atoms with Gasteiger partial charge in [0, 0.05) is 35.2 Å². The number of benzene rings is 5. The zero-order valence-corrected chi connectivity index (χ0v) is 29.0. The van der Waals surface area contributed by atoms with Crippen molar-refractivity contribution in [2.45, 2.75) is 70.8 Å². The lowest BCUT2D eigenvalue weighted by Gasteiger charge is -2.35. The highest BCUT2D eigenvalue weighted by molar-refractivity contribution is 5.84. The lowest BCUT2D eigenvalue weighted by molar-refractivity contribution is 0.487. The summed E-state index contributed by atoms with van der Waals surface area (Å²) in [7, 11) is 2.13. The zero-order valence-electron chi connectivity index (χ0n) is 29.0. The fourth-order valence-corrected chi connectivity index (χ4v) is 7.86. The maximum absolute atomic E-state index is 2.55. The first-order chi connectivity index (χ1) is 23.5. The molecule has 0 aliphatic heterocycles. The Bertz CT molecular complexity index is 1920. The van der Waals surface area contributed by atoms with Crippen molar-refractivity contribution in [1.29, 1.82) is 0 Å². The molecule has 242 valence electrons. The van der Waals surface area contributed by atoms with Gasteiger partial charge in [-0.25, -0.2) is 0 Å². The van der Waals surface area contributed by atoms with Crippen LogP contribution in [-0.4, -0.2) is 13.1 Å². The van der Waals surface area contributed by atoms with E-state index in [0.717, 1.165) is 6.42 Å². The topological polar surface area (TPSA) is 6.48 Å². The molecule has 5 aromatic rings. The molecule has 2 atom stereocenters. The van der Waals surface area contributed by atoms with Gasteiger partial charge in [-0.2, -0.15) is 0 Å². The number of fused-ring (bicyclic) bond motifs is 3. The molecule has 0 N–H and O–H groups in total.